The van der Waals surface area contributed by atoms with Crippen LogP contribution in [0, 0.1) is 0 Å². The van der Waals surface area contributed by atoms with Crippen molar-refractivity contribution in [2.75, 3.05) is 11.9 Å². The Kier molecular flexibility index (Phi) is 7.20. The summed E-state index contributed by atoms with van der Waals surface area (Å²) in [5.41, 5.74) is 2.55. The predicted molar refractivity (Wildman–Crippen MR) is 89.3 cm³/mol. The summed E-state index contributed by atoms with van der Waals surface area (Å²) in [5, 5.41) is 12.0. The number of hydrogen-bond acceptors (Lipinski definition) is 3. The van der Waals surface area contributed by atoms with Crippen molar-refractivity contribution < 1.29 is 9.90 Å². The van der Waals surface area contributed by atoms with Crippen LogP contribution >= 0.6 is 0 Å². The first kappa shape index (κ1) is 16.8. The van der Waals surface area contributed by atoms with E-state index in [1.54, 1.807) is 0 Å². The number of nitrogens with zero attached hydrogens (tertiary/aromatic N) is 1. The molecule has 0 fully saturated rings. The van der Waals surface area contributed by atoms with Crippen molar-refractivity contribution in [3.8, 4) is 0 Å². The van der Waals surface area contributed by atoms with Crippen LogP contribution in [-0.2, 0) is 17.6 Å². The van der Waals surface area contributed by atoms with Gasteiger partial charge in [0, 0.05) is 18.7 Å². The summed E-state index contributed by atoms with van der Waals surface area (Å²) in [6.07, 6.45) is 11.6. The molecular formula is C18H28N2O2. The number of aliphatic carboxylic acids is 1. The normalized spacial score (nSPS) is 14.0. The number of aromatic nitrogens is 1. The van der Waals surface area contributed by atoms with Crippen LogP contribution in [0.3, 0.4) is 0 Å². The molecule has 2 heterocycles. The van der Waals surface area contributed by atoms with Gasteiger partial charge in [-0.1, -0.05) is 31.7 Å². The van der Waals surface area contributed by atoms with Gasteiger partial charge in [-0.3, -0.25) is 4.79 Å². The van der Waals surface area contributed by atoms with Gasteiger partial charge in [-0.15, -0.1) is 0 Å². The fourth-order valence-corrected chi connectivity index (χ4v) is 2.96. The molecule has 0 amide bonds. The molecule has 2 N–H and O–H groups in total. The van der Waals surface area contributed by atoms with Crippen LogP contribution in [-0.4, -0.2) is 22.6 Å². The highest BCUT2D eigenvalue weighted by molar-refractivity contribution is 5.66. The van der Waals surface area contributed by atoms with Gasteiger partial charge in [-0.25, -0.2) is 4.98 Å². The quantitative estimate of drug-likeness (QED) is 0.672. The van der Waals surface area contributed by atoms with Crippen molar-refractivity contribution in [3.05, 3.63) is 23.4 Å². The lowest BCUT2D eigenvalue weighted by atomic mass is 10.1. The van der Waals surface area contributed by atoms with E-state index in [0.29, 0.717) is 6.42 Å². The largest absolute Gasteiger partial charge is 0.481 e. The van der Waals surface area contributed by atoms with Crippen LogP contribution in [0.25, 0.3) is 0 Å². The SMILES string of the molecule is O=C(O)CCCCCCCCc1ccc2c(n1)NCCCC2. The maximum Gasteiger partial charge on any atom is 0.303 e. The Balaban J connectivity index is 1.61. The van der Waals surface area contributed by atoms with Crippen LogP contribution in [0.15, 0.2) is 12.1 Å². The van der Waals surface area contributed by atoms with E-state index in [9.17, 15) is 4.79 Å². The maximum atomic E-state index is 10.4. The first-order valence-corrected chi connectivity index (χ1v) is 8.70. The van der Waals surface area contributed by atoms with Gasteiger partial charge in [-0.2, -0.15) is 0 Å². The number of rotatable bonds is 9. The molecule has 0 saturated heterocycles. The topological polar surface area (TPSA) is 62.2 Å². The zero-order chi connectivity index (χ0) is 15.6. The molecule has 22 heavy (non-hydrogen) atoms. The van der Waals surface area contributed by atoms with E-state index in [-0.39, 0.29) is 0 Å². The Morgan fingerprint density at radius 2 is 1.86 bits per heavy atom. The van der Waals surface area contributed by atoms with Crippen LogP contribution < -0.4 is 5.32 Å². The number of anilines is 1. The molecular weight excluding hydrogens is 276 g/mol. The monoisotopic (exact) mass is 304 g/mol. The number of nitrogens with one attached hydrogen (secondary N) is 1. The lowest BCUT2D eigenvalue weighted by Gasteiger charge is -2.09. The van der Waals surface area contributed by atoms with E-state index < -0.39 is 5.97 Å². The van der Waals surface area contributed by atoms with Gasteiger partial charge >= 0.3 is 5.97 Å². The highest BCUT2D eigenvalue weighted by Gasteiger charge is 2.09. The summed E-state index contributed by atoms with van der Waals surface area (Å²) in [6, 6.07) is 4.42. The molecule has 0 bridgehead atoms. The third-order valence-electron chi connectivity index (χ3n) is 4.28. The zero-order valence-corrected chi connectivity index (χ0v) is 13.4. The van der Waals surface area contributed by atoms with Gasteiger partial charge in [0.2, 0.25) is 0 Å². The van der Waals surface area contributed by atoms with Gasteiger partial charge in [0.15, 0.2) is 0 Å². The van der Waals surface area contributed by atoms with Crippen molar-refractivity contribution in [2.24, 2.45) is 0 Å². The lowest BCUT2D eigenvalue weighted by Crippen LogP contribution is -2.04. The second-order valence-electron chi connectivity index (χ2n) is 6.21. The molecule has 1 aliphatic heterocycles. The molecule has 0 unspecified atom stereocenters. The second-order valence-corrected chi connectivity index (χ2v) is 6.21. The molecule has 0 aliphatic carbocycles. The van der Waals surface area contributed by atoms with E-state index in [0.717, 1.165) is 44.5 Å². The molecule has 122 valence electrons. The Labute approximate surface area is 133 Å². The predicted octanol–water partition coefficient (Wildman–Crippen LogP) is 4.19. The van der Waals surface area contributed by atoms with Crippen LogP contribution in [0.1, 0.15) is 69.0 Å². The van der Waals surface area contributed by atoms with Gasteiger partial charge in [-0.05, 0) is 50.2 Å². The summed E-state index contributed by atoms with van der Waals surface area (Å²) in [7, 11) is 0. The van der Waals surface area contributed by atoms with Gasteiger partial charge in [0.25, 0.3) is 0 Å². The van der Waals surface area contributed by atoms with Crippen molar-refractivity contribution in [3.63, 3.8) is 0 Å². The highest BCUT2D eigenvalue weighted by Crippen LogP contribution is 2.20. The molecule has 4 nitrogen and oxygen atoms in total. The smallest absolute Gasteiger partial charge is 0.303 e. The lowest BCUT2D eigenvalue weighted by molar-refractivity contribution is -0.137. The van der Waals surface area contributed by atoms with Crippen molar-refractivity contribution >= 4 is 11.8 Å². The highest BCUT2D eigenvalue weighted by atomic mass is 16.4. The average molecular weight is 304 g/mol. The Morgan fingerprint density at radius 1 is 1.09 bits per heavy atom. The molecule has 0 spiro atoms. The summed E-state index contributed by atoms with van der Waals surface area (Å²) in [4.78, 5) is 15.2. The van der Waals surface area contributed by atoms with Crippen LogP contribution in [0.2, 0.25) is 0 Å². The first-order valence-electron chi connectivity index (χ1n) is 8.70. The Morgan fingerprint density at radius 3 is 2.68 bits per heavy atom. The second kappa shape index (κ2) is 9.44. The molecule has 1 aliphatic rings. The number of carboxylic acids is 1. The standard InChI is InChI=1S/C18H28N2O2/c21-17(22)11-6-4-2-1-3-5-10-16-13-12-15-9-7-8-14-19-18(15)20-16/h12-13H,1-11,14H2,(H,19,20)(H,21,22). The number of carbonyl (C=O) groups is 1. The molecule has 1 aromatic heterocycles. The number of carboxylic acid groups (broad SMARTS) is 1. The van der Waals surface area contributed by atoms with E-state index in [1.807, 2.05) is 0 Å². The molecule has 2 rings (SSSR count). The minimum absolute atomic E-state index is 0.312. The number of aryl methyl sites for hydroxylation is 2. The summed E-state index contributed by atoms with van der Waals surface area (Å²) in [5.74, 6) is 0.423. The third-order valence-corrected chi connectivity index (χ3v) is 4.28. The molecule has 0 atom stereocenters. The fraction of sp³-hybridized carbons (Fsp3) is 0.667. The number of fused-ring (bicyclic) bond motifs is 1. The Bertz CT molecular complexity index is 474. The van der Waals surface area contributed by atoms with E-state index in [4.69, 9.17) is 10.1 Å². The molecule has 0 radical (unpaired) electrons. The van der Waals surface area contributed by atoms with Crippen molar-refractivity contribution in [1.82, 2.24) is 4.98 Å². The maximum absolute atomic E-state index is 10.4. The van der Waals surface area contributed by atoms with Crippen LogP contribution in [0.5, 0.6) is 0 Å². The fourth-order valence-electron chi connectivity index (χ4n) is 2.96. The molecule has 0 aromatic carbocycles. The summed E-state index contributed by atoms with van der Waals surface area (Å²) >= 11 is 0. The number of unbranched alkanes of at least 4 members (excludes halogenated alkanes) is 5. The molecule has 0 saturated carbocycles. The van der Waals surface area contributed by atoms with E-state index in [2.05, 4.69) is 17.4 Å². The average Bonchev–Trinajstić information content (AvgIpc) is 2.74. The van der Waals surface area contributed by atoms with Gasteiger partial charge < -0.3 is 10.4 Å². The van der Waals surface area contributed by atoms with Crippen molar-refractivity contribution in [2.45, 2.75) is 70.6 Å². The number of hydrogen-bond donors (Lipinski definition) is 2. The first-order chi connectivity index (χ1) is 10.8. The zero-order valence-electron chi connectivity index (χ0n) is 13.4. The third kappa shape index (κ3) is 6.04. The van der Waals surface area contributed by atoms with Crippen molar-refractivity contribution in [1.29, 1.82) is 0 Å². The number of pyridine rings is 1. The van der Waals surface area contributed by atoms with Gasteiger partial charge in [0.05, 0.1) is 0 Å². The van der Waals surface area contributed by atoms with E-state index in [1.165, 1.54) is 43.4 Å². The summed E-state index contributed by atoms with van der Waals surface area (Å²) < 4.78 is 0. The van der Waals surface area contributed by atoms with E-state index >= 15 is 0 Å². The Hall–Kier alpha value is -1.58. The minimum atomic E-state index is -0.678. The molecule has 4 heteroatoms. The molecule has 1 aromatic rings. The van der Waals surface area contributed by atoms with Gasteiger partial charge in [0.1, 0.15) is 5.82 Å². The minimum Gasteiger partial charge on any atom is -0.481 e. The summed E-state index contributed by atoms with van der Waals surface area (Å²) in [6.45, 7) is 1.04. The van der Waals surface area contributed by atoms with Crippen LogP contribution in [0.4, 0.5) is 5.82 Å².